The van der Waals surface area contributed by atoms with Crippen LogP contribution in [0.4, 0.5) is 5.69 Å². The number of anilines is 1. The average Bonchev–Trinajstić information content (AvgIpc) is 2.78. The minimum Gasteiger partial charge on any atom is -0.486 e. The lowest BCUT2D eigenvalue weighted by molar-refractivity contribution is -0.112. The highest BCUT2D eigenvalue weighted by molar-refractivity contribution is 6.09. The van der Waals surface area contributed by atoms with Gasteiger partial charge in [0.2, 0.25) is 0 Å². The van der Waals surface area contributed by atoms with Gasteiger partial charge in [-0.05, 0) is 34.9 Å². The highest BCUT2D eigenvalue weighted by Gasteiger charge is 2.14. The van der Waals surface area contributed by atoms with Gasteiger partial charge >= 0.3 is 0 Å². The lowest BCUT2D eigenvalue weighted by Gasteiger charge is -2.18. The fraction of sp³-hybridized carbons (Fsp3) is 0.0833. The average molecular weight is 382 g/mol. The molecule has 1 amide bonds. The maximum absolute atomic E-state index is 12.5. The summed E-state index contributed by atoms with van der Waals surface area (Å²) in [5.41, 5.74) is 3.52. The largest absolute Gasteiger partial charge is 0.486 e. The lowest BCUT2D eigenvalue weighted by atomic mass is 10.0. The molecule has 0 aliphatic carbocycles. The number of carbonyl (C=O) groups is 1. The van der Waals surface area contributed by atoms with Crippen molar-refractivity contribution in [3.63, 3.8) is 0 Å². The first-order valence-corrected chi connectivity index (χ1v) is 9.21. The van der Waals surface area contributed by atoms with E-state index in [4.69, 9.17) is 9.47 Å². The van der Waals surface area contributed by atoms with Gasteiger partial charge in [0.15, 0.2) is 11.5 Å². The van der Waals surface area contributed by atoms with Gasteiger partial charge in [0.05, 0.1) is 0 Å². The standard InChI is InChI=1S/C24H18N2O3/c25-16-20(14-17-6-8-19(9-7-17)18-4-2-1-3-5-18)24(27)26-21-10-11-22-23(15-21)29-13-12-28-22/h1-11,14-15H,12-13H2,(H,26,27)/b20-14-. The topological polar surface area (TPSA) is 71.4 Å². The summed E-state index contributed by atoms with van der Waals surface area (Å²) < 4.78 is 11.0. The number of fused-ring (bicyclic) bond motifs is 1. The molecule has 5 heteroatoms. The number of carbonyl (C=O) groups excluding carboxylic acids is 1. The molecule has 0 spiro atoms. The molecule has 142 valence electrons. The van der Waals surface area contributed by atoms with Gasteiger partial charge in [-0.3, -0.25) is 4.79 Å². The third-order valence-corrected chi connectivity index (χ3v) is 4.49. The van der Waals surface area contributed by atoms with E-state index in [0.717, 1.165) is 16.7 Å². The number of hydrogen-bond donors (Lipinski definition) is 1. The Kier molecular flexibility index (Phi) is 5.26. The number of nitrogens with zero attached hydrogens (tertiary/aromatic N) is 1. The quantitative estimate of drug-likeness (QED) is 0.526. The van der Waals surface area contributed by atoms with Crippen LogP contribution in [0.25, 0.3) is 17.2 Å². The number of hydrogen-bond acceptors (Lipinski definition) is 4. The van der Waals surface area contributed by atoms with E-state index in [0.29, 0.717) is 30.4 Å². The molecule has 0 unspecified atom stereocenters. The summed E-state index contributed by atoms with van der Waals surface area (Å²) in [6.07, 6.45) is 1.57. The van der Waals surface area contributed by atoms with Crippen molar-refractivity contribution in [2.75, 3.05) is 18.5 Å². The number of amides is 1. The number of nitriles is 1. The molecule has 29 heavy (non-hydrogen) atoms. The second kappa shape index (κ2) is 8.32. The molecular weight excluding hydrogens is 364 g/mol. The van der Waals surface area contributed by atoms with Crippen LogP contribution in [0.5, 0.6) is 11.5 Å². The minimum atomic E-state index is -0.476. The molecule has 5 nitrogen and oxygen atoms in total. The smallest absolute Gasteiger partial charge is 0.266 e. The Bertz CT molecular complexity index is 1100. The first-order chi connectivity index (χ1) is 14.2. The lowest BCUT2D eigenvalue weighted by Crippen LogP contribution is -2.17. The van der Waals surface area contributed by atoms with E-state index in [1.165, 1.54) is 0 Å². The Morgan fingerprint density at radius 1 is 0.897 bits per heavy atom. The Balaban J connectivity index is 1.50. The molecule has 1 N–H and O–H groups in total. The molecule has 4 rings (SSSR count). The molecular formula is C24H18N2O3. The molecule has 0 radical (unpaired) electrons. The van der Waals surface area contributed by atoms with Gasteiger partial charge in [-0.25, -0.2) is 0 Å². The van der Waals surface area contributed by atoms with Gasteiger partial charge in [0.1, 0.15) is 24.9 Å². The van der Waals surface area contributed by atoms with Crippen LogP contribution in [0.15, 0.2) is 78.4 Å². The summed E-state index contributed by atoms with van der Waals surface area (Å²) in [7, 11) is 0. The molecule has 0 aromatic heterocycles. The van der Waals surface area contributed by atoms with Crippen LogP contribution in [-0.2, 0) is 4.79 Å². The monoisotopic (exact) mass is 382 g/mol. The van der Waals surface area contributed by atoms with Crippen molar-refractivity contribution < 1.29 is 14.3 Å². The second-order valence-electron chi connectivity index (χ2n) is 6.47. The van der Waals surface area contributed by atoms with E-state index in [2.05, 4.69) is 5.32 Å². The molecule has 0 bridgehead atoms. The van der Waals surface area contributed by atoms with E-state index in [1.54, 1.807) is 24.3 Å². The third-order valence-electron chi connectivity index (χ3n) is 4.49. The summed E-state index contributed by atoms with van der Waals surface area (Å²) in [6, 6.07) is 24.8. The van der Waals surface area contributed by atoms with Gasteiger partial charge in [-0.2, -0.15) is 5.26 Å². The minimum absolute atomic E-state index is 0.0207. The number of ether oxygens (including phenoxy) is 2. The van der Waals surface area contributed by atoms with Crippen molar-refractivity contribution in [3.8, 4) is 28.7 Å². The third kappa shape index (κ3) is 4.28. The first kappa shape index (κ1) is 18.3. The van der Waals surface area contributed by atoms with Crippen molar-refractivity contribution in [1.82, 2.24) is 0 Å². The molecule has 0 saturated carbocycles. The Hall–Kier alpha value is -4.04. The zero-order valence-electron chi connectivity index (χ0n) is 15.6. The van der Waals surface area contributed by atoms with Gasteiger partial charge in [0, 0.05) is 11.8 Å². The fourth-order valence-electron chi connectivity index (χ4n) is 3.04. The Morgan fingerprint density at radius 3 is 2.31 bits per heavy atom. The van der Waals surface area contributed by atoms with Crippen LogP contribution >= 0.6 is 0 Å². The predicted molar refractivity (Wildman–Crippen MR) is 112 cm³/mol. The van der Waals surface area contributed by atoms with Crippen LogP contribution in [0, 0.1) is 11.3 Å². The van der Waals surface area contributed by atoms with Crippen LogP contribution in [0.1, 0.15) is 5.56 Å². The summed E-state index contributed by atoms with van der Waals surface area (Å²) in [4.78, 5) is 12.5. The second-order valence-corrected chi connectivity index (χ2v) is 6.47. The zero-order valence-corrected chi connectivity index (χ0v) is 15.6. The maximum atomic E-state index is 12.5. The van der Waals surface area contributed by atoms with E-state index in [1.807, 2.05) is 60.7 Å². The molecule has 1 aliphatic heterocycles. The van der Waals surface area contributed by atoms with Gasteiger partial charge in [-0.15, -0.1) is 0 Å². The normalized spacial score (nSPS) is 12.7. The Morgan fingerprint density at radius 2 is 1.59 bits per heavy atom. The van der Waals surface area contributed by atoms with Crippen LogP contribution in [-0.4, -0.2) is 19.1 Å². The number of nitrogens with one attached hydrogen (secondary N) is 1. The van der Waals surface area contributed by atoms with Crippen LogP contribution in [0.2, 0.25) is 0 Å². The molecule has 1 heterocycles. The highest BCUT2D eigenvalue weighted by atomic mass is 16.6. The predicted octanol–water partition coefficient (Wildman–Crippen LogP) is 4.67. The van der Waals surface area contributed by atoms with E-state index >= 15 is 0 Å². The van der Waals surface area contributed by atoms with Gasteiger partial charge in [0.25, 0.3) is 5.91 Å². The number of rotatable bonds is 4. The van der Waals surface area contributed by atoms with Crippen molar-refractivity contribution in [2.45, 2.75) is 0 Å². The maximum Gasteiger partial charge on any atom is 0.266 e. The summed E-state index contributed by atoms with van der Waals surface area (Å²) in [5, 5.41) is 12.2. The van der Waals surface area contributed by atoms with E-state index in [9.17, 15) is 10.1 Å². The summed E-state index contributed by atoms with van der Waals surface area (Å²) in [5.74, 6) is 0.744. The molecule has 3 aromatic rings. The van der Waals surface area contributed by atoms with Crippen LogP contribution in [0.3, 0.4) is 0 Å². The summed E-state index contributed by atoms with van der Waals surface area (Å²) >= 11 is 0. The SMILES string of the molecule is N#C/C(=C/c1ccc(-c2ccccc2)cc1)C(=O)Nc1ccc2c(c1)OCCO2. The fourth-order valence-corrected chi connectivity index (χ4v) is 3.04. The molecule has 0 atom stereocenters. The van der Waals surface area contributed by atoms with Crippen molar-refractivity contribution in [3.05, 3.63) is 83.9 Å². The van der Waals surface area contributed by atoms with Gasteiger partial charge < -0.3 is 14.8 Å². The molecule has 0 saturated heterocycles. The first-order valence-electron chi connectivity index (χ1n) is 9.21. The molecule has 0 fully saturated rings. The summed E-state index contributed by atoms with van der Waals surface area (Å²) in [6.45, 7) is 0.968. The molecule has 3 aromatic carbocycles. The highest BCUT2D eigenvalue weighted by Crippen LogP contribution is 2.32. The Labute approximate surface area is 168 Å². The zero-order chi connectivity index (χ0) is 20.1. The van der Waals surface area contributed by atoms with Gasteiger partial charge in [-0.1, -0.05) is 54.6 Å². The molecule has 1 aliphatic rings. The van der Waals surface area contributed by atoms with E-state index in [-0.39, 0.29) is 5.57 Å². The van der Waals surface area contributed by atoms with Crippen molar-refractivity contribution in [1.29, 1.82) is 5.26 Å². The van der Waals surface area contributed by atoms with Crippen LogP contribution < -0.4 is 14.8 Å². The van der Waals surface area contributed by atoms with E-state index < -0.39 is 5.91 Å². The number of benzene rings is 3. The van der Waals surface area contributed by atoms with Crippen molar-refractivity contribution >= 4 is 17.7 Å². The van der Waals surface area contributed by atoms with Crippen molar-refractivity contribution in [2.24, 2.45) is 0 Å².